The van der Waals surface area contributed by atoms with Gasteiger partial charge in [0, 0.05) is 13.5 Å². The molecule has 1 atom stereocenters. The van der Waals surface area contributed by atoms with Gasteiger partial charge >= 0.3 is 11.9 Å². The average molecular weight is 412 g/mol. The second-order valence-electron chi connectivity index (χ2n) is 6.49. The first-order valence-electron chi connectivity index (χ1n) is 9.30. The van der Waals surface area contributed by atoms with Crippen molar-refractivity contribution in [3.05, 3.63) is 71.3 Å². The average Bonchev–Trinajstić information content (AvgIpc) is 2.76. The molecular weight excluding hydrogens is 388 g/mol. The lowest BCUT2D eigenvalue weighted by atomic mass is 10.0. The van der Waals surface area contributed by atoms with Crippen LogP contribution in [0.25, 0.3) is 0 Å². The van der Waals surface area contributed by atoms with Crippen LogP contribution < -0.4 is 10.6 Å². The van der Waals surface area contributed by atoms with Crippen LogP contribution in [0.15, 0.2) is 54.6 Å². The Balaban J connectivity index is 1.79. The van der Waals surface area contributed by atoms with Crippen molar-refractivity contribution in [3.63, 3.8) is 0 Å². The fourth-order valence-corrected chi connectivity index (χ4v) is 2.68. The van der Waals surface area contributed by atoms with Gasteiger partial charge in [0.2, 0.25) is 5.91 Å². The molecule has 2 aromatic carbocycles. The fraction of sp³-hybridized carbons (Fsp3) is 0.273. The standard InChI is InChI=1S/C22H24N2O6/c1-15(25)24-19(17-6-4-3-5-7-17)12-21(27)30-14-20(26)23-13-16-8-10-18(11-9-16)22(28)29-2/h3-11,19H,12-14H2,1-2H3,(H,23,26)(H,24,25)/t19-/m1/s1. The van der Waals surface area contributed by atoms with Crippen molar-refractivity contribution in [2.24, 2.45) is 0 Å². The van der Waals surface area contributed by atoms with E-state index in [9.17, 15) is 19.2 Å². The van der Waals surface area contributed by atoms with E-state index in [4.69, 9.17) is 4.74 Å². The normalized spacial score (nSPS) is 11.1. The highest BCUT2D eigenvalue weighted by molar-refractivity contribution is 5.89. The third-order valence-electron chi connectivity index (χ3n) is 4.18. The van der Waals surface area contributed by atoms with Crippen molar-refractivity contribution < 1.29 is 28.7 Å². The molecule has 0 unspecified atom stereocenters. The van der Waals surface area contributed by atoms with Crippen LogP contribution in [0, 0.1) is 0 Å². The zero-order valence-electron chi connectivity index (χ0n) is 16.8. The number of carbonyl (C=O) groups excluding carboxylic acids is 4. The maximum Gasteiger partial charge on any atom is 0.337 e. The third kappa shape index (κ3) is 7.38. The summed E-state index contributed by atoms with van der Waals surface area (Å²) in [7, 11) is 1.30. The molecule has 2 amide bonds. The molecule has 158 valence electrons. The van der Waals surface area contributed by atoms with Gasteiger partial charge in [-0.15, -0.1) is 0 Å². The monoisotopic (exact) mass is 412 g/mol. The zero-order valence-corrected chi connectivity index (χ0v) is 16.8. The molecular formula is C22H24N2O6. The van der Waals surface area contributed by atoms with E-state index in [1.165, 1.54) is 14.0 Å². The van der Waals surface area contributed by atoms with E-state index in [1.807, 2.05) is 6.07 Å². The molecule has 0 aromatic heterocycles. The van der Waals surface area contributed by atoms with E-state index in [0.29, 0.717) is 5.56 Å². The van der Waals surface area contributed by atoms with Crippen LogP contribution in [0.2, 0.25) is 0 Å². The summed E-state index contributed by atoms with van der Waals surface area (Å²) in [6, 6.07) is 15.1. The Morgan fingerprint density at radius 3 is 2.23 bits per heavy atom. The van der Waals surface area contributed by atoms with Gasteiger partial charge in [0.1, 0.15) is 0 Å². The molecule has 0 saturated carbocycles. The molecule has 0 fully saturated rings. The summed E-state index contributed by atoms with van der Waals surface area (Å²) in [5.74, 6) is -1.77. The Morgan fingerprint density at radius 1 is 0.967 bits per heavy atom. The number of amides is 2. The zero-order chi connectivity index (χ0) is 21.9. The molecule has 30 heavy (non-hydrogen) atoms. The van der Waals surface area contributed by atoms with Gasteiger partial charge in [-0.3, -0.25) is 14.4 Å². The highest BCUT2D eigenvalue weighted by Crippen LogP contribution is 2.17. The van der Waals surface area contributed by atoms with Crippen LogP contribution in [0.3, 0.4) is 0 Å². The quantitative estimate of drug-likeness (QED) is 0.609. The lowest BCUT2D eigenvalue weighted by Crippen LogP contribution is -2.31. The molecule has 0 aliphatic rings. The molecule has 2 aromatic rings. The topological polar surface area (TPSA) is 111 Å². The van der Waals surface area contributed by atoms with Crippen molar-refractivity contribution in [1.29, 1.82) is 0 Å². The number of benzene rings is 2. The molecule has 8 nitrogen and oxygen atoms in total. The first kappa shape index (κ1) is 22.6. The summed E-state index contributed by atoms with van der Waals surface area (Å²) in [4.78, 5) is 46.9. The third-order valence-corrected chi connectivity index (χ3v) is 4.18. The molecule has 0 bridgehead atoms. The van der Waals surface area contributed by atoms with E-state index in [2.05, 4.69) is 15.4 Å². The number of hydrogen-bond acceptors (Lipinski definition) is 6. The van der Waals surface area contributed by atoms with E-state index < -0.39 is 30.5 Å². The van der Waals surface area contributed by atoms with Crippen molar-refractivity contribution in [2.45, 2.75) is 25.9 Å². The molecule has 0 radical (unpaired) electrons. The number of rotatable bonds is 9. The molecule has 8 heteroatoms. The highest BCUT2D eigenvalue weighted by Gasteiger charge is 2.18. The van der Waals surface area contributed by atoms with Gasteiger partial charge < -0.3 is 20.1 Å². The number of hydrogen-bond donors (Lipinski definition) is 2. The van der Waals surface area contributed by atoms with Crippen LogP contribution in [0.5, 0.6) is 0 Å². The maximum atomic E-state index is 12.1. The summed E-state index contributed by atoms with van der Waals surface area (Å²) < 4.78 is 9.65. The van der Waals surface area contributed by atoms with E-state index in [0.717, 1.165) is 11.1 Å². The second-order valence-corrected chi connectivity index (χ2v) is 6.49. The number of ether oxygens (including phenoxy) is 2. The largest absolute Gasteiger partial charge is 0.465 e. The van der Waals surface area contributed by atoms with Crippen molar-refractivity contribution >= 4 is 23.8 Å². The minimum atomic E-state index is -0.602. The number of carbonyl (C=O) groups is 4. The Labute approximate surface area is 174 Å². The maximum absolute atomic E-state index is 12.1. The van der Waals surface area contributed by atoms with Gasteiger partial charge in [0.05, 0.1) is 25.1 Å². The van der Waals surface area contributed by atoms with E-state index >= 15 is 0 Å². The van der Waals surface area contributed by atoms with Crippen LogP contribution in [0.1, 0.15) is 40.9 Å². The summed E-state index contributed by atoms with van der Waals surface area (Å²) in [5.41, 5.74) is 1.95. The molecule has 0 aliphatic carbocycles. The lowest BCUT2D eigenvalue weighted by Gasteiger charge is -2.17. The van der Waals surface area contributed by atoms with Crippen molar-refractivity contribution in [2.75, 3.05) is 13.7 Å². The lowest BCUT2D eigenvalue weighted by molar-refractivity contribution is -0.149. The predicted octanol–water partition coefficient (Wildman–Crippen LogP) is 1.90. The first-order chi connectivity index (χ1) is 14.4. The highest BCUT2D eigenvalue weighted by atomic mass is 16.5. The predicted molar refractivity (Wildman–Crippen MR) is 108 cm³/mol. The molecule has 2 rings (SSSR count). The number of nitrogens with one attached hydrogen (secondary N) is 2. The summed E-state index contributed by atoms with van der Waals surface area (Å²) >= 11 is 0. The van der Waals surface area contributed by atoms with E-state index in [1.54, 1.807) is 48.5 Å². The van der Waals surface area contributed by atoms with Crippen molar-refractivity contribution in [3.8, 4) is 0 Å². The Bertz CT molecular complexity index is 880. The van der Waals surface area contributed by atoms with Gasteiger partial charge in [-0.1, -0.05) is 42.5 Å². The van der Waals surface area contributed by atoms with Crippen molar-refractivity contribution in [1.82, 2.24) is 10.6 Å². The van der Waals surface area contributed by atoms with Gasteiger partial charge in [-0.2, -0.15) is 0 Å². The smallest absolute Gasteiger partial charge is 0.337 e. The molecule has 2 N–H and O–H groups in total. The van der Waals surface area contributed by atoms with Crippen LogP contribution in [0.4, 0.5) is 0 Å². The Kier molecular flexibility index (Phi) is 8.56. The molecule has 0 heterocycles. The summed E-state index contributed by atoms with van der Waals surface area (Å²) in [5, 5.41) is 5.34. The van der Waals surface area contributed by atoms with E-state index in [-0.39, 0.29) is 18.9 Å². The number of esters is 2. The van der Waals surface area contributed by atoms with Crippen LogP contribution in [-0.4, -0.2) is 37.5 Å². The minimum Gasteiger partial charge on any atom is -0.465 e. The fourth-order valence-electron chi connectivity index (χ4n) is 2.68. The molecule has 0 saturated heterocycles. The van der Waals surface area contributed by atoms with Gasteiger partial charge in [0.25, 0.3) is 5.91 Å². The Hall–Kier alpha value is -3.68. The minimum absolute atomic E-state index is 0.0914. The molecule has 0 spiro atoms. The molecule has 0 aliphatic heterocycles. The summed E-state index contributed by atoms with van der Waals surface area (Å²) in [6.45, 7) is 1.16. The Morgan fingerprint density at radius 2 is 1.63 bits per heavy atom. The second kappa shape index (κ2) is 11.4. The first-order valence-corrected chi connectivity index (χ1v) is 9.30. The van der Waals surface area contributed by atoms with Crippen LogP contribution >= 0.6 is 0 Å². The van der Waals surface area contributed by atoms with Gasteiger partial charge in [0.15, 0.2) is 6.61 Å². The number of methoxy groups -OCH3 is 1. The SMILES string of the molecule is COC(=O)c1ccc(CNC(=O)COC(=O)C[C@@H](NC(C)=O)c2ccccc2)cc1. The van der Waals surface area contributed by atoms with Crippen LogP contribution in [-0.2, 0) is 30.4 Å². The summed E-state index contributed by atoms with van der Waals surface area (Å²) in [6.07, 6.45) is -0.0914. The van der Waals surface area contributed by atoms with Gasteiger partial charge in [-0.25, -0.2) is 4.79 Å². The van der Waals surface area contributed by atoms with Gasteiger partial charge in [-0.05, 0) is 23.3 Å².